The second kappa shape index (κ2) is 10.4. The molecule has 0 spiro atoms. The molecule has 0 saturated carbocycles. The zero-order chi connectivity index (χ0) is 24.2. The quantitative estimate of drug-likeness (QED) is 0.224. The van der Waals surface area contributed by atoms with Gasteiger partial charge in [0.25, 0.3) is 0 Å². The Morgan fingerprint density at radius 3 is 2.51 bits per heavy atom. The minimum absolute atomic E-state index is 0.140. The summed E-state index contributed by atoms with van der Waals surface area (Å²) in [5.74, 6) is 0.298. The van der Waals surface area contributed by atoms with Crippen molar-refractivity contribution in [2.24, 2.45) is 0 Å². The zero-order valence-electron chi connectivity index (χ0n) is 19.1. The van der Waals surface area contributed by atoms with Crippen LogP contribution in [0.25, 0.3) is 0 Å². The highest BCUT2D eigenvalue weighted by molar-refractivity contribution is 8.00. The Morgan fingerprint density at radius 1 is 1.06 bits per heavy atom. The maximum atomic E-state index is 13.6. The lowest BCUT2D eigenvalue weighted by atomic mass is 9.83. The molecule has 0 fully saturated rings. The van der Waals surface area contributed by atoms with Crippen molar-refractivity contribution in [2.45, 2.75) is 35.3 Å². The lowest BCUT2D eigenvalue weighted by Crippen LogP contribution is -2.19. The minimum atomic E-state index is -0.472. The molecule has 1 aliphatic rings. The Morgan fingerprint density at radius 2 is 1.80 bits per heavy atom. The van der Waals surface area contributed by atoms with Crippen LogP contribution in [0.5, 0.6) is 0 Å². The van der Waals surface area contributed by atoms with Crippen molar-refractivity contribution in [1.29, 1.82) is 5.26 Å². The number of anilines is 2. The smallest absolute Gasteiger partial charge is 0.243 e. The molecule has 2 atom stereocenters. The van der Waals surface area contributed by atoms with Gasteiger partial charge in [0.1, 0.15) is 16.3 Å². The summed E-state index contributed by atoms with van der Waals surface area (Å²) in [6.07, 6.45) is 2.76. The Hall–Kier alpha value is -3.53. The Bertz CT molecular complexity index is 1380. The fourth-order valence-electron chi connectivity index (χ4n) is 4.60. The molecule has 1 aliphatic carbocycles. The third-order valence-electron chi connectivity index (χ3n) is 6.34. The number of thioether (sulfide) groups is 1. The van der Waals surface area contributed by atoms with Gasteiger partial charge >= 0.3 is 0 Å². The van der Waals surface area contributed by atoms with Crippen LogP contribution in [0.3, 0.4) is 0 Å². The van der Waals surface area contributed by atoms with Gasteiger partial charge in [-0.3, -0.25) is 4.79 Å². The molecule has 2 unspecified atom stereocenters. The van der Waals surface area contributed by atoms with E-state index in [9.17, 15) is 10.1 Å². The number of carbonyl (C=O) groups is 1. The number of nitrogens with two attached hydrogens (primary N) is 1. The van der Waals surface area contributed by atoms with Gasteiger partial charge in [0, 0.05) is 15.5 Å². The number of nitriles is 1. The zero-order valence-corrected chi connectivity index (χ0v) is 20.7. The summed E-state index contributed by atoms with van der Waals surface area (Å²) in [4.78, 5) is 15.7. The van der Waals surface area contributed by atoms with Crippen molar-refractivity contribution in [3.8, 4) is 6.07 Å². The molecular formula is C29H25N3OS2. The Balaban J connectivity index is 1.41. The SMILES string of the molecule is N#Cc1c(NC(=O)C(Sc2cccc(N)c2)c2ccccc2)sc2c1CCC(c1ccccc1)C2. The van der Waals surface area contributed by atoms with Crippen molar-refractivity contribution in [3.05, 3.63) is 112 Å². The second-order valence-corrected chi connectivity index (χ2v) is 10.9. The van der Waals surface area contributed by atoms with Gasteiger partial charge in [-0.05, 0) is 60.1 Å². The molecular weight excluding hydrogens is 470 g/mol. The molecule has 1 aromatic heterocycles. The lowest BCUT2D eigenvalue weighted by Gasteiger charge is -2.22. The molecule has 0 saturated heterocycles. The predicted molar refractivity (Wildman–Crippen MR) is 145 cm³/mol. The van der Waals surface area contributed by atoms with Crippen LogP contribution in [0.15, 0.2) is 89.8 Å². The van der Waals surface area contributed by atoms with Crippen LogP contribution in [-0.4, -0.2) is 5.91 Å². The highest BCUT2D eigenvalue weighted by Crippen LogP contribution is 2.43. The van der Waals surface area contributed by atoms with Crippen LogP contribution in [0.1, 0.15) is 44.7 Å². The topological polar surface area (TPSA) is 78.9 Å². The van der Waals surface area contributed by atoms with E-state index >= 15 is 0 Å². The first kappa shape index (κ1) is 23.2. The van der Waals surface area contributed by atoms with E-state index in [1.165, 1.54) is 22.2 Å². The number of hydrogen-bond acceptors (Lipinski definition) is 5. The first-order valence-electron chi connectivity index (χ1n) is 11.6. The van der Waals surface area contributed by atoms with Gasteiger partial charge in [-0.2, -0.15) is 5.26 Å². The van der Waals surface area contributed by atoms with Gasteiger partial charge in [-0.25, -0.2) is 0 Å². The number of carbonyl (C=O) groups excluding carboxylic acids is 1. The third-order valence-corrected chi connectivity index (χ3v) is 8.76. The van der Waals surface area contributed by atoms with Crippen LogP contribution >= 0.6 is 23.1 Å². The first-order chi connectivity index (χ1) is 17.1. The summed E-state index contributed by atoms with van der Waals surface area (Å²) in [5, 5.41) is 13.3. The number of nitrogen functional groups attached to an aromatic ring is 1. The number of rotatable bonds is 6. The predicted octanol–water partition coefficient (Wildman–Crippen LogP) is 6.95. The molecule has 4 nitrogen and oxygen atoms in total. The summed E-state index contributed by atoms with van der Waals surface area (Å²) in [6.45, 7) is 0. The number of fused-ring (bicyclic) bond motifs is 1. The van der Waals surface area contributed by atoms with Gasteiger partial charge in [-0.15, -0.1) is 23.1 Å². The average Bonchev–Trinajstić information content (AvgIpc) is 3.24. The van der Waals surface area contributed by atoms with E-state index in [1.807, 2.05) is 60.7 Å². The second-order valence-electron chi connectivity index (χ2n) is 8.64. The van der Waals surface area contributed by atoms with E-state index in [4.69, 9.17) is 5.73 Å². The normalized spacial score (nSPS) is 15.6. The van der Waals surface area contributed by atoms with Gasteiger partial charge in [0.15, 0.2) is 0 Å². The summed E-state index contributed by atoms with van der Waals surface area (Å²) >= 11 is 3.01. The standard InChI is InChI=1S/C29H25N3OS2/c30-18-25-24-15-14-21(19-8-3-1-4-9-19)16-26(24)35-29(25)32-28(33)27(20-10-5-2-6-11-20)34-23-13-7-12-22(31)17-23/h1-13,17,21,27H,14-16,31H2,(H,32,33). The summed E-state index contributed by atoms with van der Waals surface area (Å²) in [6, 6.07) is 30.2. The first-order valence-corrected chi connectivity index (χ1v) is 13.3. The Kier molecular flexibility index (Phi) is 6.89. The average molecular weight is 496 g/mol. The van der Waals surface area contributed by atoms with Crippen LogP contribution in [0, 0.1) is 11.3 Å². The van der Waals surface area contributed by atoms with E-state index in [-0.39, 0.29) is 5.91 Å². The number of nitrogens with zero attached hydrogens (tertiary/aromatic N) is 1. The number of benzene rings is 3. The van der Waals surface area contributed by atoms with Crippen molar-refractivity contribution >= 4 is 39.7 Å². The third kappa shape index (κ3) is 5.12. The van der Waals surface area contributed by atoms with Crippen LogP contribution < -0.4 is 11.1 Å². The van der Waals surface area contributed by atoms with Gasteiger partial charge in [0.2, 0.25) is 5.91 Å². The Labute approximate surface area is 213 Å². The molecule has 1 heterocycles. The molecule has 174 valence electrons. The maximum absolute atomic E-state index is 13.6. The van der Waals surface area contributed by atoms with E-state index < -0.39 is 5.25 Å². The van der Waals surface area contributed by atoms with E-state index in [1.54, 1.807) is 11.3 Å². The van der Waals surface area contributed by atoms with Crippen molar-refractivity contribution < 1.29 is 4.79 Å². The molecule has 4 aromatic rings. The van der Waals surface area contributed by atoms with Gasteiger partial charge < -0.3 is 11.1 Å². The number of hydrogen-bond donors (Lipinski definition) is 2. The van der Waals surface area contributed by atoms with Crippen molar-refractivity contribution in [1.82, 2.24) is 0 Å². The van der Waals surface area contributed by atoms with Crippen LogP contribution in [0.2, 0.25) is 0 Å². The van der Waals surface area contributed by atoms with Gasteiger partial charge in [0.05, 0.1) is 5.56 Å². The summed E-state index contributed by atoms with van der Waals surface area (Å²) in [7, 11) is 0. The maximum Gasteiger partial charge on any atom is 0.243 e. The molecule has 5 rings (SSSR count). The number of nitrogens with one attached hydrogen (secondary N) is 1. The number of amides is 1. The molecule has 6 heteroatoms. The molecule has 1 amide bonds. The van der Waals surface area contributed by atoms with Crippen molar-refractivity contribution in [3.63, 3.8) is 0 Å². The monoisotopic (exact) mass is 495 g/mol. The van der Waals surface area contributed by atoms with Crippen molar-refractivity contribution in [2.75, 3.05) is 11.1 Å². The van der Waals surface area contributed by atoms with Crippen LogP contribution in [-0.2, 0) is 17.6 Å². The minimum Gasteiger partial charge on any atom is -0.399 e. The molecule has 0 aliphatic heterocycles. The summed E-state index contributed by atoms with van der Waals surface area (Å²) in [5.41, 5.74) is 10.6. The highest BCUT2D eigenvalue weighted by atomic mass is 32.2. The summed E-state index contributed by atoms with van der Waals surface area (Å²) < 4.78 is 0. The van der Waals surface area contributed by atoms with Gasteiger partial charge in [-0.1, -0.05) is 66.7 Å². The largest absolute Gasteiger partial charge is 0.399 e. The fourth-order valence-corrected chi connectivity index (χ4v) is 6.98. The fraction of sp³-hybridized carbons (Fsp3) is 0.172. The molecule has 35 heavy (non-hydrogen) atoms. The van der Waals surface area contributed by atoms with Crippen LogP contribution in [0.4, 0.5) is 10.7 Å². The molecule has 0 bridgehead atoms. The molecule has 3 N–H and O–H groups in total. The van der Waals surface area contributed by atoms with E-state index in [0.29, 0.717) is 22.2 Å². The molecule has 3 aromatic carbocycles. The van der Waals surface area contributed by atoms with E-state index in [0.717, 1.165) is 35.3 Å². The molecule has 0 radical (unpaired) electrons. The number of thiophene rings is 1. The highest BCUT2D eigenvalue weighted by Gasteiger charge is 2.29. The van der Waals surface area contributed by atoms with E-state index in [2.05, 4.69) is 35.7 Å². The lowest BCUT2D eigenvalue weighted by molar-refractivity contribution is -0.115.